The second kappa shape index (κ2) is 9.10. The fraction of sp³-hybridized carbons (Fsp3) is 0.440. The SMILES string of the molecule is CC(=O)N1c2ccc(-c3ccc(CN4CCCCC4)cc3)cc2C(NC(=O)O)CC1C. The summed E-state index contributed by atoms with van der Waals surface area (Å²) in [6.07, 6.45) is 3.41. The van der Waals surface area contributed by atoms with E-state index >= 15 is 0 Å². The van der Waals surface area contributed by atoms with Gasteiger partial charge in [-0.15, -0.1) is 0 Å². The molecule has 2 N–H and O–H groups in total. The van der Waals surface area contributed by atoms with Crippen molar-refractivity contribution < 1.29 is 14.7 Å². The highest BCUT2D eigenvalue weighted by molar-refractivity contribution is 5.94. The normalized spacial score (nSPS) is 21.4. The molecule has 0 aromatic heterocycles. The van der Waals surface area contributed by atoms with Crippen molar-refractivity contribution in [2.45, 2.75) is 58.2 Å². The van der Waals surface area contributed by atoms with Crippen LogP contribution in [0.2, 0.25) is 0 Å². The Bertz CT molecular complexity index is 951. The highest BCUT2D eigenvalue weighted by Crippen LogP contribution is 2.39. The summed E-state index contributed by atoms with van der Waals surface area (Å²) in [7, 11) is 0. The molecular formula is C25H31N3O3. The van der Waals surface area contributed by atoms with Gasteiger partial charge >= 0.3 is 6.09 Å². The molecule has 2 unspecified atom stereocenters. The van der Waals surface area contributed by atoms with Gasteiger partial charge in [-0.25, -0.2) is 4.79 Å². The molecule has 2 aliphatic heterocycles. The van der Waals surface area contributed by atoms with E-state index in [-0.39, 0.29) is 18.0 Å². The highest BCUT2D eigenvalue weighted by atomic mass is 16.4. The van der Waals surface area contributed by atoms with E-state index in [0.717, 1.165) is 28.9 Å². The van der Waals surface area contributed by atoms with Gasteiger partial charge in [-0.3, -0.25) is 9.69 Å². The van der Waals surface area contributed by atoms with Crippen LogP contribution in [0.15, 0.2) is 42.5 Å². The second-order valence-corrected chi connectivity index (χ2v) is 8.78. The standard InChI is InChI=1S/C25H31N3O3/c1-17-14-23(26-25(30)31)22-15-21(10-11-24(22)28(17)18(2)29)20-8-6-19(7-9-20)16-27-12-4-3-5-13-27/h6-11,15,17,23,26H,3-5,12-14,16H2,1-2H3,(H,30,31). The first-order chi connectivity index (χ1) is 14.9. The van der Waals surface area contributed by atoms with E-state index in [1.165, 1.54) is 37.9 Å². The minimum Gasteiger partial charge on any atom is -0.465 e. The molecule has 2 amide bonds. The second-order valence-electron chi connectivity index (χ2n) is 8.78. The average Bonchev–Trinajstić information content (AvgIpc) is 2.74. The van der Waals surface area contributed by atoms with Crippen molar-refractivity contribution in [1.82, 2.24) is 10.2 Å². The predicted molar refractivity (Wildman–Crippen MR) is 122 cm³/mol. The Hall–Kier alpha value is -2.86. The Morgan fingerprint density at radius 2 is 1.71 bits per heavy atom. The lowest BCUT2D eigenvalue weighted by molar-refractivity contribution is -0.117. The van der Waals surface area contributed by atoms with E-state index in [0.29, 0.717) is 6.42 Å². The first-order valence-electron chi connectivity index (χ1n) is 11.2. The number of piperidine rings is 1. The lowest BCUT2D eigenvalue weighted by Crippen LogP contribution is -2.45. The van der Waals surface area contributed by atoms with Gasteiger partial charge < -0.3 is 15.3 Å². The van der Waals surface area contributed by atoms with Crippen LogP contribution in [0, 0.1) is 0 Å². The fourth-order valence-electron chi connectivity index (χ4n) is 4.99. The van der Waals surface area contributed by atoms with E-state index in [9.17, 15) is 14.7 Å². The summed E-state index contributed by atoms with van der Waals surface area (Å²) in [6.45, 7) is 6.85. The zero-order valence-electron chi connectivity index (χ0n) is 18.3. The number of anilines is 1. The van der Waals surface area contributed by atoms with E-state index in [4.69, 9.17) is 0 Å². The molecule has 1 fully saturated rings. The molecule has 1 saturated heterocycles. The number of nitrogens with one attached hydrogen (secondary N) is 1. The summed E-state index contributed by atoms with van der Waals surface area (Å²) in [5, 5.41) is 11.9. The summed E-state index contributed by atoms with van der Waals surface area (Å²) in [4.78, 5) is 27.9. The topological polar surface area (TPSA) is 72.9 Å². The molecule has 0 radical (unpaired) electrons. The zero-order chi connectivity index (χ0) is 22.0. The third-order valence-corrected chi connectivity index (χ3v) is 6.46. The molecule has 0 bridgehead atoms. The smallest absolute Gasteiger partial charge is 0.405 e. The van der Waals surface area contributed by atoms with Crippen molar-refractivity contribution in [3.8, 4) is 11.1 Å². The molecule has 6 nitrogen and oxygen atoms in total. The molecule has 2 aliphatic rings. The molecule has 0 aliphatic carbocycles. The molecule has 6 heteroatoms. The number of nitrogens with zero attached hydrogens (tertiary/aromatic N) is 2. The number of fused-ring (bicyclic) bond motifs is 1. The summed E-state index contributed by atoms with van der Waals surface area (Å²) in [5.41, 5.74) is 5.07. The molecule has 4 rings (SSSR count). The monoisotopic (exact) mass is 421 g/mol. The molecule has 2 heterocycles. The first kappa shape index (κ1) is 21.4. The number of amides is 2. The van der Waals surface area contributed by atoms with Crippen molar-refractivity contribution in [1.29, 1.82) is 0 Å². The van der Waals surface area contributed by atoms with E-state index in [1.807, 2.05) is 25.1 Å². The molecule has 2 aromatic rings. The third-order valence-electron chi connectivity index (χ3n) is 6.46. The molecule has 0 spiro atoms. The van der Waals surface area contributed by atoms with Crippen LogP contribution in [-0.4, -0.2) is 41.1 Å². The number of carbonyl (C=O) groups is 2. The lowest BCUT2D eigenvalue weighted by Gasteiger charge is -2.39. The molecule has 2 aromatic carbocycles. The van der Waals surface area contributed by atoms with Gasteiger partial charge in [0.1, 0.15) is 0 Å². The quantitative estimate of drug-likeness (QED) is 0.744. The number of carbonyl (C=O) groups excluding carboxylic acids is 1. The van der Waals surface area contributed by atoms with Gasteiger partial charge in [0.25, 0.3) is 0 Å². The van der Waals surface area contributed by atoms with E-state index < -0.39 is 6.09 Å². The molecule has 164 valence electrons. The lowest BCUT2D eigenvalue weighted by atomic mass is 9.89. The fourth-order valence-corrected chi connectivity index (χ4v) is 4.99. The summed E-state index contributed by atoms with van der Waals surface area (Å²) in [6, 6.07) is 14.2. The van der Waals surface area contributed by atoms with Gasteiger partial charge in [0, 0.05) is 25.2 Å². The molecule has 31 heavy (non-hydrogen) atoms. The van der Waals surface area contributed by atoms with E-state index in [2.05, 4.69) is 34.5 Å². The van der Waals surface area contributed by atoms with Crippen molar-refractivity contribution in [2.24, 2.45) is 0 Å². The van der Waals surface area contributed by atoms with Crippen LogP contribution >= 0.6 is 0 Å². The van der Waals surface area contributed by atoms with Crippen LogP contribution in [0.5, 0.6) is 0 Å². The predicted octanol–water partition coefficient (Wildman–Crippen LogP) is 4.79. The van der Waals surface area contributed by atoms with Crippen LogP contribution in [0.1, 0.15) is 56.7 Å². The molecule has 0 saturated carbocycles. The van der Waals surface area contributed by atoms with Gasteiger partial charge in [0.15, 0.2) is 0 Å². The van der Waals surface area contributed by atoms with Crippen molar-refractivity contribution in [2.75, 3.05) is 18.0 Å². The summed E-state index contributed by atoms with van der Waals surface area (Å²) < 4.78 is 0. The van der Waals surface area contributed by atoms with Crippen LogP contribution < -0.4 is 10.2 Å². The number of hydrogen-bond donors (Lipinski definition) is 2. The van der Waals surface area contributed by atoms with Gasteiger partial charge in [0.05, 0.1) is 6.04 Å². The summed E-state index contributed by atoms with van der Waals surface area (Å²) >= 11 is 0. The summed E-state index contributed by atoms with van der Waals surface area (Å²) in [5.74, 6) is -0.0302. The molecular weight excluding hydrogens is 390 g/mol. The Morgan fingerprint density at radius 3 is 2.35 bits per heavy atom. The average molecular weight is 422 g/mol. The number of rotatable bonds is 4. The van der Waals surface area contributed by atoms with Crippen molar-refractivity contribution in [3.63, 3.8) is 0 Å². The Kier molecular flexibility index (Phi) is 6.28. The highest BCUT2D eigenvalue weighted by Gasteiger charge is 2.33. The van der Waals surface area contributed by atoms with E-state index in [1.54, 1.807) is 11.8 Å². The maximum atomic E-state index is 12.2. The largest absolute Gasteiger partial charge is 0.465 e. The van der Waals surface area contributed by atoms with Crippen molar-refractivity contribution >= 4 is 17.7 Å². The third kappa shape index (κ3) is 4.74. The zero-order valence-corrected chi connectivity index (χ0v) is 18.3. The van der Waals surface area contributed by atoms with Gasteiger partial charge in [-0.1, -0.05) is 36.8 Å². The van der Waals surface area contributed by atoms with Gasteiger partial charge in [-0.05, 0) is 73.7 Å². The number of hydrogen-bond acceptors (Lipinski definition) is 3. The maximum Gasteiger partial charge on any atom is 0.405 e. The Labute approximate surface area is 183 Å². The Morgan fingerprint density at radius 1 is 1.03 bits per heavy atom. The van der Waals surface area contributed by atoms with Crippen LogP contribution in [0.25, 0.3) is 11.1 Å². The van der Waals surface area contributed by atoms with Crippen LogP contribution in [0.3, 0.4) is 0 Å². The number of likely N-dealkylation sites (tertiary alicyclic amines) is 1. The first-order valence-corrected chi connectivity index (χ1v) is 11.2. The molecule has 2 atom stereocenters. The van der Waals surface area contributed by atoms with Crippen molar-refractivity contribution in [3.05, 3.63) is 53.6 Å². The maximum absolute atomic E-state index is 12.2. The Balaban J connectivity index is 1.61. The van der Waals surface area contributed by atoms with Gasteiger partial charge in [-0.2, -0.15) is 0 Å². The number of benzene rings is 2. The number of carboxylic acid groups (broad SMARTS) is 1. The van der Waals surface area contributed by atoms with Gasteiger partial charge in [0.2, 0.25) is 5.91 Å². The minimum absolute atomic E-state index is 0.0302. The van der Waals surface area contributed by atoms with Crippen LogP contribution in [0.4, 0.5) is 10.5 Å². The minimum atomic E-state index is -1.05. The van der Waals surface area contributed by atoms with Crippen LogP contribution in [-0.2, 0) is 11.3 Å².